The number of rotatable bonds is 3. The molecule has 0 amide bonds. The summed E-state index contributed by atoms with van der Waals surface area (Å²) in [6.45, 7) is 0. The van der Waals surface area contributed by atoms with Gasteiger partial charge in [0.25, 0.3) is 0 Å². The lowest BCUT2D eigenvalue weighted by Crippen LogP contribution is -1.96. The lowest BCUT2D eigenvalue weighted by atomic mass is 10.1. The Labute approximate surface area is 111 Å². The Bertz CT molecular complexity index is 641. The van der Waals surface area contributed by atoms with Gasteiger partial charge in [0.15, 0.2) is 0 Å². The van der Waals surface area contributed by atoms with E-state index in [0.29, 0.717) is 5.76 Å². The van der Waals surface area contributed by atoms with Crippen LogP contribution in [-0.4, -0.2) is 5.11 Å². The van der Waals surface area contributed by atoms with E-state index in [1.165, 1.54) is 0 Å². The zero-order valence-corrected chi connectivity index (χ0v) is 10.4. The Kier molecular flexibility index (Phi) is 3.17. The monoisotopic (exact) mass is 250 g/mol. The number of benzene rings is 2. The molecule has 19 heavy (non-hydrogen) atoms. The highest BCUT2D eigenvalue weighted by Gasteiger charge is 2.14. The van der Waals surface area contributed by atoms with E-state index in [2.05, 4.69) is 0 Å². The highest BCUT2D eigenvalue weighted by molar-refractivity contribution is 5.57. The molecule has 1 unspecified atom stereocenters. The maximum absolute atomic E-state index is 10.3. The fourth-order valence-electron chi connectivity index (χ4n) is 2.06. The molecule has 0 bridgehead atoms. The number of hydrogen-bond donors (Lipinski definition) is 1. The number of hydrogen-bond acceptors (Lipinski definition) is 2. The van der Waals surface area contributed by atoms with Gasteiger partial charge in [0, 0.05) is 5.56 Å². The zero-order chi connectivity index (χ0) is 13.1. The molecule has 3 aromatic rings. The van der Waals surface area contributed by atoms with E-state index < -0.39 is 6.10 Å². The Hall–Kier alpha value is -2.32. The van der Waals surface area contributed by atoms with Gasteiger partial charge >= 0.3 is 0 Å². The molecular weight excluding hydrogens is 236 g/mol. The van der Waals surface area contributed by atoms with Gasteiger partial charge in [-0.1, -0.05) is 60.7 Å². The summed E-state index contributed by atoms with van der Waals surface area (Å²) >= 11 is 0. The fourth-order valence-corrected chi connectivity index (χ4v) is 2.06. The summed E-state index contributed by atoms with van der Waals surface area (Å²) in [5.74, 6) is 1.33. The van der Waals surface area contributed by atoms with Crippen LogP contribution in [0.5, 0.6) is 0 Å². The van der Waals surface area contributed by atoms with E-state index in [4.69, 9.17) is 4.42 Å². The van der Waals surface area contributed by atoms with Crippen molar-refractivity contribution >= 4 is 0 Å². The van der Waals surface area contributed by atoms with Crippen molar-refractivity contribution in [2.24, 2.45) is 0 Å². The largest absolute Gasteiger partial charge is 0.458 e. The highest BCUT2D eigenvalue weighted by Crippen LogP contribution is 2.28. The van der Waals surface area contributed by atoms with Crippen molar-refractivity contribution in [1.29, 1.82) is 0 Å². The predicted octanol–water partition coefficient (Wildman–Crippen LogP) is 4.03. The van der Waals surface area contributed by atoms with Crippen molar-refractivity contribution < 1.29 is 9.52 Å². The van der Waals surface area contributed by atoms with Gasteiger partial charge in [-0.15, -0.1) is 0 Å². The number of aliphatic hydroxyl groups is 1. The summed E-state index contributed by atoms with van der Waals surface area (Å²) in [6.07, 6.45) is -0.723. The first-order valence-corrected chi connectivity index (χ1v) is 6.23. The van der Waals surface area contributed by atoms with Gasteiger partial charge in [-0.05, 0) is 17.7 Å². The van der Waals surface area contributed by atoms with E-state index >= 15 is 0 Å². The molecule has 0 spiro atoms. The molecule has 1 N–H and O–H groups in total. The molecule has 0 saturated heterocycles. The second-order valence-corrected chi connectivity index (χ2v) is 4.38. The molecule has 3 rings (SSSR count). The molecule has 2 aromatic carbocycles. The van der Waals surface area contributed by atoms with E-state index in [0.717, 1.165) is 16.9 Å². The van der Waals surface area contributed by atoms with Gasteiger partial charge in [0.2, 0.25) is 0 Å². The van der Waals surface area contributed by atoms with Crippen molar-refractivity contribution in [2.45, 2.75) is 6.10 Å². The van der Waals surface area contributed by atoms with Crippen molar-refractivity contribution in [3.63, 3.8) is 0 Å². The molecule has 1 heterocycles. The summed E-state index contributed by atoms with van der Waals surface area (Å²) in [4.78, 5) is 0. The van der Waals surface area contributed by atoms with Gasteiger partial charge < -0.3 is 9.52 Å². The van der Waals surface area contributed by atoms with Crippen LogP contribution in [0, 0.1) is 0 Å². The van der Waals surface area contributed by atoms with Crippen LogP contribution in [0.25, 0.3) is 11.3 Å². The molecule has 0 saturated carbocycles. The van der Waals surface area contributed by atoms with Crippen molar-refractivity contribution in [3.8, 4) is 11.3 Å². The maximum Gasteiger partial charge on any atom is 0.137 e. The highest BCUT2D eigenvalue weighted by atomic mass is 16.4. The van der Waals surface area contributed by atoms with Gasteiger partial charge in [0.05, 0.1) is 0 Å². The first-order chi connectivity index (χ1) is 9.34. The Morgan fingerprint density at radius 1 is 0.737 bits per heavy atom. The van der Waals surface area contributed by atoms with Gasteiger partial charge in [-0.2, -0.15) is 0 Å². The minimum atomic E-state index is -0.723. The van der Waals surface area contributed by atoms with Crippen molar-refractivity contribution in [3.05, 3.63) is 84.1 Å². The second kappa shape index (κ2) is 5.12. The van der Waals surface area contributed by atoms with E-state index in [1.807, 2.05) is 72.8 Å². The van der Waals surface area contributed by atoms with Gasteiger partial charge in [-0.3, -0.25) is 0 Å². The third-order valence-electron chi connectivity index (χ3n) is 3.07. The summed E-state index contributed by atoms with van der Waals surface area (Å²) in [5.41, 5.74) is 1.84. The maximum atomic E-state index is 10.3. The average Bonchev–Trinajstić information content (AvgIpc) is 2.98. The van der Waals surface area contributed by atoms with Crippen molar-refractivity contribution in [2.75, 3.05) is 0 Å². The van der Waals surface area contributed by atoms with E-state index in [-0.39, 0.29) is 0 Å². The Morgan fingerprint density at radius 3 is 2.05 bits per heavy atom. The molecule has 2 heteroatoms. The topological polar surface area (TPSA) is 33.4 Å². The normalized spacial score (nSPS) is 12.3. The quantitative estimate of drug-likeness (QED) is 0.761. The minimum absolute atomic E-state index is 0.560. The molecule has 0 aliphatic carbocycles. The third kappa shape index (κ3) is 2.44. The van der Waals surface area contributed by atoms with E-state index in [9.17, 15) is 5.11 Å². The van der Waals surface area contributed by atoms with E-state index in [1.54, 1.807) is 0 Å². The van der Waals surface area contributed by atoms with Gasteiger partial charge in [-0.25, -0.2) is 0 Å². The summed E-state index contributed by atoms with van der Waals surface area (Å²) < 4.78 is 5.74. The van der Waals surface area contributed by atoms with Gasteiger partial charge in [0.1, 0.15) is 17.6 Å². The molecule has 0 aliphatic rings. The van der Waals surface area contributed by atoms with Crippen LogP contribution in [-0.2, 0) is 0 Å². The SMILES string of the molecule is OC(c1ccccc1)c1ccc(-c2ccccc2)o1. The first-order valence-electron chi connectivity index (χ1n) is 6.23. The molecule has 0 fully saturated rings. The molecule has 2 nitrogen and oxygen atoms in total. The summed E-state index contributed by atoms with van der Waals surface area (Å²) in [7, 11) is 0. The standard InChI is InChI=1S/C17H14O2/c18-17(14-9-5-2-6-10-14)16-12-11-15(19-16)13-7-3-1-4-8-13/h1-12,17-18H. The average molecular weight is 250 g/mol. The van der Waals surface area contributed by atoms with Crippen LogP contribution in [0.2, 0.25) is 0 Å². The lowest BCUT2D eigenvalue weighted by molar-refractivity contribution is 0.190. The number of aliphatic hydroxyl groups excluding tert-OH is 1. The molecule has 1 atom stereocenters. The lowest BCUT2D eigenvalue weighted by Gasteiger charge is -2.07. The Morgan fingerprint density at radius 2 is 1.37 bits per heavy atom. The smallest absolute Gasteiger partial charge is 0.137 e. The van der Waals surface area contributed by atoms with Crippen LogP contribution in [0.1, 0.15) is 17.4 Å². The summed E-state index contributed by atoms with van der Waals surface area (Å²) in [5, 5.41) is 10.3. The summed E-state index contributed by atoms with van der Waals surface area (Å²) in [6, 6.07) is 23.1. The Balaban J connectivity index is 1.90. The predicted molar refractivity (Wildman–Crippen MR) is 74.6 cm³/mol. The number of furan rings is 1. The zero-order valence-electron chi connectivity index (χ0n) is 10.4. The molecule has 1 aromatic heterocycles. The van der Waals surface area contributed by atoms with Crippen LogP contribution < -0.4 is 0 Å². The van der Waals surface area contributed by atoms with Crippen LogP contribution in [0.15, 0.2) is 77.2 Å². The van der Waals surface area contributed by atoms with Crippen LogP contribution in [0.4, 0.5) is 0 Å². The molecule has 0 radical (unpaired) electrons. The molecular formula is C17H14O2. The fraction of sp³-hybridized carbons (Fsp3) is 0.0588. The van der Waals surface area contributed by atoms with Crippen molar-refractivity contribution in [1.82, 2.24) is 0 Å². The van der Waals surface area contributed by atoms with Crippen LogP contribution >= 0.6 is 0 Å². The minimum Gasteiger partial charge on any atom is -0.458 e. The molecule has 94 valence electrons. The molecule has 0 aliphatic heterocycles. The first kappa shape index (κ1) is 11.8. The third-order valence-corrected chi connectivity index (χ3v) is 3.07. The second-order valence-electron chi connectivity index (χ2n) is 4.38. The van der Waals surface area contributed by atoms with Crippen LogP contribution in [0.3, 0.4) is 0 Å².